The Labute approximate surface area is 204 Å². The SMILES string of the molecule is N#CNC(N)=Nc1cccc(C(=O)NCC(=O)NC(CCCc2ccccc2)c2ccccc2)c1. The number of amides is 2. The zero-order valence-corrected chi connectivity index (χ0v) is 19.3. The van der Waals surface area contributed by atoms with E-state index >= 15 is 0 Å². The van der Waals surface area contributed by atoms with Crippen molar-refractivity contribution in [1.82, 2.24) is 16.0 Å². The molecule has 0 fully saturated rings. The molecule has 5 N–H and O–H groups in total. The highest BCUT2D eigenvalue weighted by molar-refractivity contribution is 5.97. The largest absolute Gasteiger partial charge is 0.369 e. The van der Waals surface area contributed by atoms with Crippen molar-refractivity contribution in [2.75, 3.05) is 6.54 Å². The van der Waals surface area contributed by atoms with E-state index in [0.717, 1.165) is 24.8 Å². The molecule has 0 saturated carbocycles. The van der Waals surface area contributed by atoms with Gasteiger partial charge < -0.3 is 16.4 Å². The van der Waals surface area contributed by atoms with E-state index in [2.05, 4.69) is 33.1 Å². The second-order valence-corrected chi connectivity index (χ2v) is 7.88. The molecule has 8 nitrogen and oxygen atoms in total. The first-order valence-corrected chi connectivity index (χ1v) is 11.3. The van der Waals surface area contributed by atoms with Crippen molar-refractivity contribution in [2.45, 2.75) is 25.3 Å². The molecule has 3 rings (SSSR count). The third kappa shape index (κ3) is 8.33. The van der Waals surface area contributed by atoms with E-state index in [4.69, 9.17) is 11.0 Å². The van der Waals surface area contributed by atoms with Crippen LogP contribution in [0.25, 0.3) is 0 Å². The van der Waals surface area contributed by atoms with Gasteiger partial charge in [-0.2, -0.15) is 5.26 Å². The number of nitrogens with zero attached hydrogens (tertiary/aromatic N) is 2. The molecule has 3 aromatic carbocycles. The van der Waals surface area contributed by atoms with Crippen LogP contribution in [0.4, 0.5) is 5.69 Å². The highest BCUT2D eigenvalue weighted by Crippen LogP contribution is 2.20. The topological polar surface area (TPSA) is 132 Å². The Morgan fingerprint density at radius 1 is 0.971 bits per heavy atom. The monoisotopic (exact) mass is 468 g/mol. The fraction of sp³-hybridized carbons (Fsp3) is 0.185. The van der Waals surface area contributed by atoms with Gasteiger partial charge in [-0.25, -0.2) is 4.99 Å². The van der Waals surface area contributed by atoms with Gasteiger partial charge in [0.1, 0.15) is 0 Å². The number of nitrogens with two attached hydrogens (primary N) is 1. The van der Waals surface area contributed by atoms with Crippen LogP contribution in [-0.2, 0) is 11.2 Å². The second kappa shape index (κ2) is 13.2. The lowest BCUT2D eigenvalue weighted by Gasteiger charge is -2.19. The predicted molar refractivity (Wildman–Crippen MR) is 136 cm³/mol. The van der Waals surface area contributed by atoms with Crippen LogP contribution in [0.2, 0.25) is 0 Å². The number of carbonyl (C=O) groups is 2. The summed E-state index contributed by atoms with van der Waals surface area (Å²) in [5.41, 5.74) is 8.58. The van der Waals surface area contributed by atoms with Crippen molar-refractivity contribution in [2.24, 2.45) is 10.7 Å². The van der Waals surface area contributed by atoms with E-state index in [1.54, 1.807) is 24.4 Å². The zero-order chi connectivity index (χ0) is 24.9. The van der Waals surface area contributed by atoms with Crippen LogP contribution in [0.3, 0.4) is 0 Å². The Kier molecular flexibility index (Phi) is 9.40. The van der Waals surface area contributed by atoms with Gasteiger partial charge in [0.05, 0.1) is 18.3 Å². The lowest BCUT2D eigenvalue weighted by molar-refractivity contribution is -0.120. The first-order chi connectivity index (χ1) is 17.0. The van der Waals surface area contributed by atoms with Crippen LogP contribution in [-0.4, -0.2) is 24.3 Å². The minimum Gasteiger partial charge on any atom is -0.369 e. The minimum absolute atomic E-state index is 0.0799. The standard InChI is InChI=1S/C27H28N6O2/c28-19-31-27(29)32-23-15-8-14-22(17-23)26(35)30-18-25(34)33-24(21-12-5-2-6-13-21)16-7-11-20-9-3-1-4-10-20/h1-6,8-10,12-15,17,24H,7,11,16,18H2,(H,30,35)(H,33,34)(H3,29,31,32). The Morgan fingerprint density at radius 2 is 1.69 bits per heavy atom. The lowest BCUT2D eigenvalue weighted by atomic mass is 9.99. The van der Waals surface area contributed by atoms with Crippen molar-refractivity contribution in [3.63, 3.8) is 0 Å². The Bertz CT molecular complexity index is 1190. The fourth-order valence-corrected chi connectivity index (χ4v) is 3.61. The molecule has 0 aromatic heterocycles. The molecule has 1 atom stereocenters. The molecule has 1 unspecified atom stereocenters. The van der Waals surface area contributed by atoms with Gasteiger partial charge in [-0.15, -0.1) is 0 Å². The Morgan fingerprint density at radius 3 is 2.40 bits per heavy atom. The van der Waals surface area contributed by atoms with E-state index in [9.17, 15) is 9.59 Å². The summed E-state index contributed by atoms with van der Waals surface area (Å²) < 4.78 is 0. The molecule has 178 valence electrons. The van der Waals surface area contributed by atoms with E-state index in [-0.39, 0.29) is 24.5 Å². The first-order valence-electron chi connectivity index (χ1n) is 11.3. The third-order valence-electron chi connectivity index (χ3n) is 5.29. The molecule has 3 aromatic rings. The normalized spacial score (nSPS) is 11.7. The number of aliphatic imine (C=N–C) groups is 1. The molecule has 0 aliphatic rings. The van der Waals surface area contributed by atoms with Crippen molar-refractivity contribution < 1.29 is 9.59 Å². The molecular weight excluding hydrogens is 440 g/mol. The van der Waals surface area contributed by atoms with Gasteiger partial charge >= 0.3 is 0 Å². The number of nitriles is 1. The summed E-state index contributed by atoms with van der Waals surface area (Å²) in [7, 11) is 0. The fourth-order valence-electron chi connectivity index (χ4n) is 3.61. The van der Waals surface area contributed by atoms with Crippen LogP contribution in [0.15, 0.2) is 89.9 Å². The number of rotatable bonds is 10. The quantitative estimate of drug-likeness (QED) is 0.157. The number of benzene rings is 3. The minimum atomic E-state index is -0.413. The van der Waals surface area contributed by atoms with Gasteiger partial charge in [0.2, 0.25) is 11.9 Å². The van der Waals surface area contributed by atoms with Crippen molar-refractivity contribution in [3.05, 3.63) is 102 Å². The maximum absolute atomic E-state index is 12.7. The molecule has 0 bridgehead atoms. The van der Waals surface area contributed by atoms with Crippen LogP contribution in [0.5, 0.6) is 0 Å². The summed E-state index contributed by atoms with van der Waals surface area (Å²) in [6.07, 6.45) is 4.28. The van der Waals surface area contributed by atoms with Gasteiger partial charge in [0, 0.05) is 5.56 Å². The van der Waals surface area contributed by atoms with Gasteiger partial charge in [0.15, 0.2) is 6.19 Å². The summed E-state index contributed by atoms with van der Waals surface area (Å²) in [5.74, 6) is -0.767. The highest BCUT2D eigenvalue weighted by atomic mass is 16.2. The molecular formula is C27H28N6O2. The lowest BCUT2D eigenvalue weighted by Crippen LogP contribution is -2.38. The average Bonchev–Trinajstić information content (AvgIpc) is 2.88. The summed E-state index contributed by atoms with van der Waals surface area (Å²) in [4.78, 5) is 29.2. The number of guanidine groups is 1. The number of nitrogens with one attached hydrogen (secondary N) is 3. The molecule has 0 radical (unpaired) electrons. The van der Waals surface area contributed by atoms with Crippen LogP contribution in [0.1, 0.15) is 40.4 Å². The summed E-state index contributed by atoms with van der Waals surface area (Å²) in [6.45, 7) is -0.160. The Hall–Kier alpha value is -4.64. The van der Waals surface area contributed by atoms with E-state index in [1.165, 1.54) is 11.6 Å². The van der Waals surface area contributed by atoms with Gasteiger partial charge in [-0.05, 0) is 48.6 Å². The van der Waals surface area contributed by atoms with Crippen molar-refractivity contribution in [3.8, 4) is 6.19 Å². The smallest absolute Gasteiger partial charge is 0.251 e. The van der Waals surface area contributed by atoms with E-state index in [0.29, 0.717) is 11.3 Å². The zero-order valence-electron chi connectivity index (χ0n) is 19.3. The van der Waals surface area contributed by atoms with Gasteiger partial charge in [0.25, 0.3) is 5.91 Å². The molecule has 0 spiro atoms. The van der Waals surface area contributed by atoms with Gasteiger partial charge in [-0.1, -0.05) is 66.7 Å². The maximum atomic E-state index is 12.7. The van der Waals surface area contributed by atoms with Crippen LogP contribution < -0.4 is 21.7 Å². The third-order valence-corrected chi connectivity index (χ3v) is 5.29. The summed E-state index contributed by atoms with van der Waals surface area (Å²) >= 11 is 0. The molecule has 0 heterocycles. The second-order valence-electron chi connectivity index (χ2n) is 7.88. The number of hydrogen-bond donors (Lipinski definition) is 4. The highest BCUT2D eigenvalue weighted by Gasteiger charge is 2.15. The summed E-state index contributed by atoms with van der Waals surface area (Å²) in [6, 6.07) is 26.3. The molecule has 35 heavy (non-hydrogen) atoms. The molecule has 8 heteroatoms. The Balaban J connectivity index is 1.56. The summed E-state index contributed by atoms with van der Waals surface area (Å²) in [5, 5.41) is 16.5. The average molecular weight is 469 g/mol. The van der Waals surface area contributed by atoms with E-state index in [1.807, 2.05) is 48.5 Å². The predicted octanol–water partition coefficient (Wildman–Crippen LogP) is 3.31. The van der Waals surface area contributed by atoms with Crippen molar-refractivity contribution in [1.29, 1.82) is 5.26 Å². The van der Waals surface area contributed by atoms with E-state index < -0.39 is 5.91 Å². The van der Waals surface area contributed by atoms with Crippen LogP contribution >= 0.6 is 0 Å². The molecule has 2 amide bonds. The molecule has 0 saturated heterocycles. The molecule has 0 aliphatic carbocycles. The first kappa shape index (κ1) is 25.0. The van der Waals surface area contributed by atoms with Crippen LogP contribution in [0, 0.1) is 11.5 Å². The maximum Gasteiger partial charge on any atom is 0.251 e. The number of carbonyl (C=O) groups excluding carboxylic acids is 2. The van der Waals surface area contributed by atoms with Gasteiger partial charge in [-0.3, -0.25) is 14.9 Å². The van der Waals surface area contributed by atoms with Crippen molar-refractivity contribution >= 4 is 23.5 Å². The number of hydrogen-bond acceptors (Lipinski definition) is 4. The molecule has 0 aliphatic heterocycles. The number of aryl methyl sites for hydroxylation is 1.